The van der Waals surface area contributed by atoms with Crippen LogP contribution in [-0.2, 0) is 189 Å². The van der Waals surface area contributed by atoms with E-state index in [1.807, 2.05) is 0 Å². The predicted octanol–water partition coefficient (Wildman–Crippen LogP) is -0.0250. The molecule has 0 rings (SSSR count). The molecule has 0 aromatic carbocycles. The van der Waals surface area contributed by atoms with Crippen LogP contribution in [0.5, 0.6) is 0 Å². The van der Waals surface area contributed by atoms with Crippen molar-refractivity contribution in [3.8, 4) is 0 Å². The van der Waals surface area contributed by atoms with Gasteiger partial charge in [-0.05, 0) is 0 Å². The van der Waals surface area contributed by atoms with Gasteiger partial charge in [-0.2, -0.15) is 0 Å². The van der Waals surface area contributed by atoms with Crippen LogP contribution in [0.2, 0.25) is 0 Å². The fraction of sp³-hybridized carbons (Fsp3) is 0. The van der Waals surface area contributed by atoms with E-state index in [2.05, 4.69) is 0 Å². The Morgan fingerprint density at radius 1 is 0.200 bits per heavy atom. The number of hydrogen-bond acceptors (Lipinski definition) is 0. The normalized spacial score (nSPS) is 0. The molecule has 10 heteroatoms. The van der Waals surface area contributed by atoms with E-state index >= 15 is 0 Å². The molecule has 0 aliphatic heterocycles. The quantitative estimate of drug-likeness (QED) is 0.394. The summed E-state index contributed by atoms with van der Waals surface area (Å²) in [5, 5.41) is 0. The molecule has 0 heterocycles. The molecule has 0 aliphatic carbocycles. The van der Waals surface area contributed by atoms with Crippen LogP contribution in [-0.4, -0.2) is 0 Å². The molecule has 0 saturated heterocycles. The van der Waals surface area contributed by atoms with Crippen LogP contribution in [0.1, 0.15) is 0 Å². The average molecular weight is 557 g/mol. The summed E-state index contributed by atoms with van der Waals surface area (Å²) in [5.74, 6) is 0. The molecular weight excluding hydrogens is 557 g/mol. The van der Waals surface area contributed by atoms with E-state index in [-0.39, 0.29) is 189 Å². The van der Waals surface area contributed by atoms with Gasteiger partial charge in [-0.1, -0.05) is 0 Å². The fourth-order valence-corrected chi connectivity index (χ4v) is 0. The van der Waals surface area contributed by atoms with Gasteiger partial charge in [-0.3, -0.25) is 0 Å². The third-order valence-corrected chi connectivity index (χ3v) is 0. The third-order valence-electron chi connectivity index (χ3n) is 0. The van der Waals surface area contributed by atoms with Crippen molar-refractivity contribution in [2.45, 2.75) is 0 Å². The van der Waals surface area contributed by atoms with Gasteiger partial charge in [0.05, 0.1) is 0 Å². The van der Waals surface area contributed by atoms with E-state index < -0.39 is 0 Å². The zero-order valence-electron chi connectivity index (χ0n) is 4.25. The maximum absolute atomic E-state index is 0. The largest absolute Gasteiger partial charge is 0 e. The molecule has 0 N–H and O–H groups in total. The maximum atomic E-state index is 0. The molecule has 0 aromatic rings. The Bertz CT molecular complexity index is 4.69. The Kier molecular flexibility index (Phi) is 840. The first-order valence-electron chi connectivity index (χ1n) is 0. The molecule has 1 radical (unpaired) electrons. The second-order valence-electron chi connectivity index (χ2n) is 0. The minimum atomic E-state index is 0. The van der Waals surface area contributed by atoms with Crippen LogP contribution in [0.25, 0.3) is 0 Å². The minimum absolute atomic E-state index is 0. The Hall–Kier alpha value is 5.90. The molecule has 0 bridgehead atoms. The third kappa shape index (κ3) is 66.5. The van der Waals surface area contributed by atoms with Gasteiger partial charge in [0, 0.05) is 189 Å². The summed E-state index contributed by atoms with van der Waals surface area (Å²) in [6.07, 6.45) is 0. The molecule has 10 heavy (non-hydrogen) atoms. The van der Waals surface area contributed by atoms with Gasteiger partial charge in [0.25, 0.3) is 0 Å². The Balaban J connectivity index is 0. The van der Waals surface area contributed by atoms with Crippen molar-refractivity contribution < 1.29 is 189 Å². The maximum Gasteiger partial charge on any atom is 0 e. The molecule has 0 amide bonds. The zero-order chi connectivity index (χ0) is 0. The van der Waals surface area contributed by atoms with Gasteiger partial charge in [-0.25, -0.2) is 0 Å². The molecule has 0 saturated carbocycles. The molecule has 0 aromatic heterocycles. The minimum Gasteiger partial charge on any atom is 0 e. The van der Waals surface area contributed by atoms with Crippen molar-refractivity contribution in [1.82, 2.24) is 0 Å². The number of rotatable bonds is 0. The first kappa shape index (κ1) is 101. The summed E-state index contributed by atoms with van der Waals surface area (Å²) >= 11 is 0. The van der Waals surface area contributed by atoms with Gasteiger partial charge in [0.2, 0.25) is 0 Å². The summed E-state index contributed by atoms with van der Waals surface area (Å²) in [4.78, 5) is 0. The first-order chi connectivity index (χ1) is 0. The average Bonchev–Trinajstić information content (AvgIpc) is 0. The van der Waals surface area contributed by atoms with Crippen molar-refractivity contribution in [3.63, 3.8) is 0 Å². The Morgan fingerprint density at radius 2 is 0.200 bits per heavy atom. The van der Waals surface area contributed by atoms with Crippen molar-refractivity contribution in [3.05, 3.63) is 0 Å². The topological polar surface area (TPSA) is 0 Å². The Labute approximate surface area is 185 Å². The molecule has 0 unspecified atom stereocenters. The standard InChI is InChI=1S/9Cr.Y. The van der Waals surface area contributed by atoms with E-state index in [0.717, 1.165) is 0 Å². The van der Waals surface area contributed by atoms with Crippen LogP contribution in [0.4, 0.5) is 0 Å². The second kappa shape index (κ2) is 82.7. The molecule has 57 valence electrons. The van der Waals surface area contributed by atoms with Crippen LogP contribution < -0.4 is 0 Å². The van der Waals surface area contributed by atoms with E-state index in [9.17, 15) is 0 Å². The van der Waals surface area contributed by atoms with Gasteiger partial charge in [0.15, 0.2) is 0 Å². The summed E-state index contributed by atoms with van der Waals surface area (Å²) < 4.78 is 0. The van der Waals surface area contributed by atoms with Crippen molar-refractivity contribution >= 4 is 0 Å². The molecule has 0 spiro atoms. The molecule has 0 aliphatic rings. The predicted molar refractivity (Wildman–Crippen MR) is 0 cm³/mol. The first-order valence-corrected chi connectivity index (χ1v) is 0. The van der Waals surface area contributed by atoms with Crippen molar-refractivity contribution in [2.24, 2.45) is 0 Å². The van der Waals surface area contributed by atoms with E-state index in [1.54, 1.807) is 0 Å². The molecule has 0 fully saturated rings. The van der Waals surface area contributed by atoms with Gasteiger partial charge >= 0.3 is 0 Å². The smallest absolute Gasteiger partial charge is 0 e. The molecular formula is Cr9Y. The van der Waals surface area contributed by atoms with E-state index in [4.69, 9.17) is 0 Å². The fourth-order valence-electron chi connectivity index (χ4n) is 0. The summed E-state index contributed by atoms with van der Waals surface area (Å²) in [7, 11) is 0. The monoisotopic (exact) mass is 556 g/mol. The van der Waals surface area contributed by atoms with Gasteiger partial charge in [0.1, 0.15) is 0 Å². The van der Waals surface area contributed by atoms with Crippen molar-refractivity contribution in [2.75, 3.05) is 0 Å². The number of hydrogen-bond donors (Lipinski definition) is 0. The molecule has 0 atom stereocenters. The second-order valence-corrected chi connectivity index (χ2v) is 0. The van der Waals surface area contributed by atoms with Gasteiger partial charge < -0.3 is 0 Å². The summed E-state index contributed by atoms with van der Waals surface area (Å²) in [5.41, 5.74) is 0. The van der Waals surface area contributed by atoms with Crippen LogP contribution >= 0.6 is 0 Å². The van der Waals surface area contributed by atoms with Crippen LogP contribution in [0.3, 0.4) is 0 Å². The van der Waals surface area contributed by atoms with Crippen LogP contribution in [0, 0.1) is 0 Å². The Morgan fingerprint density at radius 3 is 0.200 bits per heavy atom. The summed E-state index contributed by atoms with van der Waals surface area (Å²) in [6, 6.07) is 0. The van der Waals surface area contributed by atoms with E-state index in [0.29, 0.717) is 0 Å². The van der Waals surface area contributed by atoms with Gasteiger partial charge in [-0.15, -0.1) is 0 Å². The molecule has 0 nitrogen and oxygen atoms in total. The zero-order valence-corrected chi connectivity index (χ0v) is 18.6. The van der Waals surface area contributed by atoms with Crippen LogP contribution in [0.15, 0.2) is 0 Å². The van der Waals surface area contributed by atoms with E-state index in [1.165, 1.54) is 0 Å². The van der Waals surface area contributed by atoms with Crippen molar-refractivity contribution in [1.29, 1.82) is 0 Å². The SMILES string of the molecule is [Cr].[Cr].[Cr].[Cr].[Cr].[Cr].[Cr].[Cr].[Cr].[Y]. The summed E-state index contributed by atoms with van der Waals surface area (Å²) in [6.45, 7) is 0.